The van der Waals surface area contributed by atoms with Crippen molar-refractivity contribution in [1.29, 1.82) is 0 Å². The molecule has 3 heteroatoms. The lowest BCUT2D eigenvalue weighted by Crippen LogP contribution is -2.40. The van der Waals surface area contributed by atoms with E-state index in [2.05, 4.69) is 38.2 Å². The van der Waals surface area contributed by atoms with Crippen molar-refractivity contribution in [3.63, 3.8) is 0 Å². The standard InChI is InChI=1S/C15H25NO2/c1-7-18-15(3,4)14(16-5)13-9-8-12(17-6)10-11(13)2/h8-10,14,16H,7H2,1-6H3. The number of benzene rings is 1. The maximum Gasteiger partial charge on any atom is 0.119 e. The third kappa shape index (κ3) is 3.24. The van der Waals surface area contributed by atoms with E-state index < -0.39 is 0 Å². The Bertz CT molecular complexity index is 388. The number of rotatable bonds is 6. The van der Waals surface area contributed by atoms with Crippen LogP contribution in [0.25, 0.3) is 0 Å². The Morgan fingerprint density at radius 1 is 1.33 bits per heavy atom. The van der Waals surface area contributed by atoms with Crippen LogP contribution in [0.4, 0.5) is 0 Å². The summed E-state index contributed by atoms with van der Waals surface area (Å²) in [6.07, 6.45) is 0. The number of hydrogen-bond donors (Lipinski definition) is 1. The SMILES string of the molecule is CCOC(C)(C)C(NC)c1ccc(OC)cc1C. The second-order valence-corrected chi connectivity index (χ2v) is 4.98. The minimum atomic E-state index is -0.247. The topological polar surface area (TPSA) is 30.5 Å². The summed E-state index contributed by atoms with van der Waals surface area (Å²) in [6, 6.07) is 6.32. The summed E-state index contributed by atoms with van der Waals surface area (Å²) in [5.74, 6) is 0.889. The number of ether oxygens (including phenoxy) is 2. The molecular formula is C15H25NO2. The van der Waals surface area contributed by atoms with Gasteiger partial charge >= 0.3 is 0 Å². The fourth-order valence-electron chi connectivity index (χ4n) is 2.43. The second kappa shape index (κ2) is 6.21. The van der Waals surface area contributed by atoms with Gasteiger partial charge in [-0.1, -0.05) is 6.07 Å². The lowest BCUT2D eigenvalue weighted by Gasteiger charge is -2.35. The molecular weight excluding hydrogens is 226 g/mol. The van der Waals surface area contributed by atoms with Crippen LogP contribution >= 0.6 is 0 Å². The minimum absolute atomic E-state index is 0.156. The molecule has 1 N–H and O–H groups in total. The molecule has 18 heavy (non-hydrogen) atoms. The van der Waals surface area contributed by atoms with E-state index in [1.54, 1.807) is 7.11 Å². The fraction of sp³-hybridized carbons (Fsp3) is 0.600. The number of nitrogens with one attached hydrogen (secondary N) is 1. The summed E-state index contributed by atoms with van der Waals surface area (Å²) in [6.45, 7) is 9.06. The monoisotopic (exact) mass is 251 g/mol. The molecule has 1 unspecified atom stereocenters. The Morgan fingerprint density at radius 3 is 2.44 bits per heavy atom. The lowest BCUT2D eigenvalue weighted by atomic mass is 9.89. The molecule has 0 spiro atoms. The van der Waals surface area contributed by atoms with Crippen molar-refractivity contribution >= 4 is 0 Å². The van der Waals surface area contributed by atoms with Crippen molar-refractivity contribution in [3.05, 3.63) is 29.3 Å². The van der Waals surface area contributed by atoms with Crippen LogP contribution in [0, 0.1) is 6.92 Å². The molecule has 0 bridgehead atoms. The van der Waals surface area contributed by atoms with Crippen LogP contribution < -0.4 is 10.1 Å². The molecule has 0 aliphatic heterocycles. The molecule has 3 nitrogen and oxygen atoms in total. The van der Waals surface area contributed by atoms with Crippen LogP contribution in [0.5, 0.6) is 5.75 Å². The van der Waals surface area contributed by atoms with Gasteiger partial charge in [0.2, 0.25) is 0 Å². The number of hydrogen-bond acceptors (Lipinski definition) is 3. The Hall–Kier alpha value is -1.06. The highest BCUT2D eigenvalue weighted by Crippen LogP contribution is 2.32. The summed E-state index contributed by atoms with van der Waals surface area (Å²) in [7, 11) is 3.66. The Kier molecular flexibility index (Phi) is 5.17. The van der Waals surface area contributed by atoms with Crippen molar-refractivity contribution in [3.8, 4) is 5.75 Å². The van der Waals surface area contributed by atoms with Crippen molar-refractivity contribution in [2.24, 2.45) is 0 Å². The van der Waals surface area contributed by atoms with Crippen LogP contribution in [-0.4, -0.2) is 26.4 Å². The molecule has 0 aliphatic carbocycles. The van der Waals surface area contributed by atoms with Gasteiger partial charge in [0.05, 0.1) is 18.8 Å². The van der Waals surface area contributed by atoms with Gasteiger partial charge in [0.15, 0.2) is 0 Å². The molecule has 1 aromatic rings. The number of likely N-dealkylation sites (N-methyl/N-ethyl adjacent to an activating group) is 1. The van der Waals surface area contributed by atoms with Crippen LogP contribution in [0.1, 0.15) is 37.9 Å². The maximum atomic E-state index is 5.85. The van der Waals surface area contributed by atoms with Gasteiger partial charge in [-0.2, -0.15) is 0 Å². The highest BCUT2D eigenvalue weighted by Gasteiger charge is 2.31. The molecule has 1 rings (SSSR count). The third-order valence-corrected chi connectivity index (χ3v) is 3.29. The summed E-state index contributed by atoms with van der Waals surface area (Å²) < 4.78 is 11.1. The molecule has 0 aromatic heterocycles. The predicted molar refractivity (Wildman–Crippen MR) is 75.2 cm³/mol. The molecule has 1 atom stereocenters. The Morgan fingerprint density at radius 2 is 2.00 bits per heavy atom. The van der Waals surface area contributed by atoms with Crippen LogP contribution in [-0.2, 0) is 4.74 Å². The minimum Gasteiger partial charge on any atom is -0.497 e. The molecule has 1 aromatic carbocycles. The predicted octanol–water partition coefficient (Wildman–Crippen LogP) is 3.08. The van der Waals surface area contributed by atoms with Gasteiger partial charge in [0.25, 0.3) is 0 Å². The van der Waals surface area contributed by atoms with Gasteiger partial charge < -0.3 is 14.8 Å². The van der Waals surface area contributed by atoms with E-state index in [0.29, 0.717) is 6.61 Å². The van der Waals surface area contributed by atoms with Gasteiger partial charge in [-0.05, 0) is 58.0 Å². The highest BCUT2D eigenvalue weighted by molar-refractivity contribution is 5.37. The Balaban J connectivity index is 3.09. The average molecular weight is 251 g/mol. The Labute approximate surface area is 110 Å². The second-order valence-electron chi connectivity index (χ2n) is 4.98. The van der Waals surface area contributed by atoms with Gasteiger partial charge in [0, 0.05) is 6.61 Å². The largest absolute Gasteiger partial charge is 0.497 e. The van der Waals surface area contributed by atoms with Gasteiger partial charge in [-0.15, -0.1) is 0 Å². The lowest BCUT2D eigenvalue weighted by molar-refractivity contribution is -0.0376. The summed E-state index contributed by atoms with van der Waals surface area (Å²) in [4.78, 5) is 0. The van der Waals surface area contributed by atoms with E-state index in [0.717, 1.165) is 5.75 Å². The van der Waals surface area contributed by atoms with E-state index in [1.165, 1.54) is 11.1 Å². The van der Waals surface area contributed by atoms with Crippen LogP contribution in [0.2, 0.25) is 0 Å². The normalized spacial score (nSPS) is 13.4. The van der Waals surface area contributed by atoms with E-state index in [4.69, 9.17) is 9.47 Å². The van der Waals surface area contributed by atoms with Crippen molar-refractivity contribution in [1.82, 2.24) is 5.32 Å². The van der Waals surface area contributed by atoms with Crippen molar-refractivity contribution in [2.45, 2.75) is 39.3 Å². The van der Waals surface area contributed by atoms with Crippen molar-refractivity contribution in [2.75, 3.05) is 20.8 Å². The van der Waals surface area contributed by atoms with Crippen molar-refractivity contribution < 1.29 is 9.47 Å². The quantitative estimate of drug-likeness (QED) is 0.843. The fourth-order valence-corrected chi connectivity index (χ4v) is 2.43. The van der Waals surface area contributed by atoms with E-state index in [1.807, 2.05) is 20.0 Å². The maximum absolute atomic E-state index is 5.85. The highest BCUT2D eigenvalue weighted by atomic mass is 16.5. The zero-order valence-corrected chi connectivity index (χ0v) is 12.3. The zero-order chi connectivity index (χ0) is 13.8. The molecule has 0 amide bonds. The van der Waals surface area contributed by atoms with E-state index in [9.17, 15) is 0 Å². The summed E-state index contributed by atoms with van der Waals surface area (Å²) in [5, 5.41) is 3.36. The smallest absolute Gasteiger partial charge is 0.119 e. The third-order valence-electron chi connectivity index (χ3n) is 3.29. The van der Waals surface area contributed by atoms with Gasteiger partial charge in [-0.3, -0.25) is 0 Å². The molecule has 0 radical (unpaired) electrons. The summed E-state index contributed by atoms with van der Waals surface area (Å²) >= 11 is 0. The van der Waals surface area contributed by atoms with E-state index in [-0.39, 0.29) is 11.6 Å². The first-order valence-electron chi connectivity index (χ1n) is 6.42. The first kappa shape index (κ1) is 15.0. The molecule has 0 saturated heterocycles. The van der Waals surface area contributed by atoms with E-state index >= 15 is 0 Å². The molecule has 102 valence electrons. The average Bonchev–Trinajstić information content (AvgIpc) is 2.31. The van der Waals surface area contributed by atoms with Crippen LogP contribution in [0.15, 0.2) is 18.2 Å². The first-order chi connectivity index (χ1) is 8.46. The molecule has 0 saturated carbocycles. The first-order valence-corrected chi connectivity index (χ1v) is 6.42. The molecule has 0 heterocycles. The number of aryl methyl sites for hydroxylation is 1. The van der Waals surface area contributed by atoms with Gasteiger partial charge in [-0.25, -0.2) is 0 Å². The number of methoxy groups -OCH3 is 1. The molecule has 0 aliphatic rings. The zero-order valence-electron chi connectivity index (χ0n) is 12.3. The summed E-state index contributed by atoms with van der Waals surface area (Å²) in [5.41, 5.74) is 2.21. The van der Waals surface area contributed by atoms with Crippen LogP contribution in [0.3, 0.4) is 0 Å². The van der Waals surface area contributed by atoms with Gasteiger partial charge in [0.1, 0.15) is 5.75 Å². The molecule has 0 fully saturated rings.